The number of hydrogen-bond donors (Lipinski definition) is 1. The molecule has 0 spiro atoms. The van der Waals surface area contributed by atoms with Crippen molar-refractivity contribution < 1.29 is 9.53 Å². The molecular formula is C16H21N3O2S. The molecule has 2 aromatic rings. The van der Waals surface area contributed by atoms with Crippen molar-refractivity contribution in [2.75, 3.05) is 20.2 Å². The predicted octanol–water partition coefficient (Wildman–Crippen LogP) is 2.32. The molecule has 6 heteroatoms. The van der Waals surface area contributed by atoms with Crippen LogP contribution in [0.15, 0.2) is 29.6 Å². The molecule has 0 aliphatic carbocycles. The fourth-order valence-electron chi connectivity index (χ4n) is 2.10. The molecule has 0 radical (unpaired) electrons. The summed E-state index contributed by atoms with van der Waals surface area (Å²) in [6.07, 6.45) is 0.703. The van der Waals surface area contributed by atoms with Crippen LogP contribution in [-0.2, 0) is 13.0 Å². The number of ether oxygens (including phenoxy) is 1. The largest absolute Gasteiger partial charge is 0.494 e. The van der Waals surface area contributed by atoms with Gasteiger partial charge in [-0.15, -0.1) is 11.3 Å². The zero-order valence-corrected chi connectivity index (χ0v) is 13.7. The van der Waals surface area contributed by atoms with Crippen LogP contribution in [0.3, 0.4) is 0 Å². The molecule has 0 unspecified atom stereocenters. The Kier molecular flexibility index (Phi) is 5.91. The summed E-state index contributed by atoms with van der Waals surface area (Å²) < 4.78 is 5.59. The minimum Gasteiger partial charge on any atom is -0.494 e. The average Bonchev–Trinajstić information content (AvgIpc) is 2.97. The van der Waals surface area contributed by atoms with Crippen molar-refractivity contribution >= 4 is 17.2 Å². The standard InChI is InChI=1S/C16H21N3O2S/c1-3-21-14-7-5-4-6-12(14)10-19(2)16(20)13-11-22-15(18-13)8-9-17/h4-7,11H,3,8-10,17H2,1-2H3. The molecule has 1 aromatic heterocycles. The van der Waals surface area contributed by atoms with Crippen molar-refractivity contribution in [2.24, 2.45) is 5.73 Å². The van der Waals surface area contributed by atoms with Gasteiger partial charge in [0.05, 0.1) is 11.6 Å². The molecule has 0 bridgehead atoms. The maximum atomic E-state index is 12.4. The van der Waals surface area contributed by atoms with E-state index >= 15 is 0 Å². The third-order valence-electron chi connectivity index (χ3n) is 3.16. The van der Waals surface area contributed by atoms with Gasteiger partial charge in [0.2, 0.25) is 0 Å². The number of aromatic nitrogens is 1. The van der Waals surface area contributed by atoms with Gasteiger partial charge >= 0.3 is 0 Å². The zero-order chi connectivity index (χ0) is 15.9. The van der Waals surface area contributed by atoms with Crippen molar-refractivity contribution in [3.63, 3.8) is 0 Å². The van der Waals surface area contributed by atoms with Crippen molar-refractivity contribution in [2.45, 2.75) is 19.9 Å². The molecule has 5 nitrogen and oxygen atoms in total. The molecule has 0 aliphatic heterocycles. The summed E-state index contributed by atoms with van der Waals surface area (Å²) in [5.41, 5.74) is 6.97. The first-order valence-corrected chi connectivity index (χ1v) is 8.14. The van der Waals surface area contributed by atoms with Gasteiger partial charge in [0.1, 0.15) is 11.4 Å². The van der Waals surface area contributed by atoms with Crippen LogP contribution < -0.4 is 10.5 Å². The van der Waals surface area contributed by atoms with E-state index in [1.54, 1.807) is 17.3 Å². The summed E-state index contributed by atoms with van der Waals surface area (Å²) in [4.78, 5) is 18.4. The SMILES string of the molecule is CCOc1ccccc1CN(C)C(=O)c1csc(CCN)n1. The van der Waals surface area contributed by atoms with Crippen LogP contribution in [0.4, 0.5) is 0 Å². The highest BCUT2D eigenvalue weighted by Crippen LogP contribution is 2.20. The molecule has 0 fully saturated rings. The summed E-state index contributed by atoms with van der Waals surface area (Å²) in [5.74, 6) is 0.720. The second-order valence-electron chi connectivity index (χ2n) is 4.87. The van der Waals surface area contributed by atoms with E-state index in [-0.39, 0.29) is 5.91 Å². The van der Waals surface area contributed by atoms with E-state index in [9.17, 15) is 4.79 Å². The molecular weight excluding hydrogens is 298 g/mol. The molecule has 22 heavy (non-hydrogen) atoms. The Morgan fingerprint density at radius 1 is 1.41 bits per heavy atom. The number of para-hydroxylation sites is 1. The number of thiazole rings is 1. The third kappa shape index (κ3) is 4.05. The van der Waals surface area contributed by atoms with Gasteiger partial charge in [0.25, 0.3) is 5.91 Å². The van der Waals surface area contributed by atoms with E-state index < -0.39 is 0 Å². The monoisotopic (exact) mass is 319 g/mol. The van der Waals surface area contributed by atoms with Crippen molar-refractivity contribution in [3.8, 4) is 5.75 Å². The molecule has 0 aliphatic rings. The molecule has 1 amide bonds. The smallest absolute Gasteiger partial charge is 0.273 e. The molecule has 1 heterocycles. The van der Waals surface area contributed by atoms with Gasteiger partial charge in [-0.05, 0) is 19.5 Å². The third-order valence-corrected chi connectivity index (χ3v) is 4.06. The van der Waals surface area contributed by atoms with E-state index in [1.807, 2.05) is 31.2 Å². The van der Waals surface area contributed by atoms with Crippen LogP contribution in [0.2, 0.25) is 0 Å². The van der Waals surface area contributed by atoms with E-state index in [2.05, 4.69) is 4.98 Å². The van der Waals surface area contributed by atoms with Crippen molar-refractivity contribution in [1.29, 1.82) is 0 Å². The van der Waals surface area contributed by atoms with Gasteiger partial charge < -0.3 is 15.4 Å². The Hall–Kier alpha value is -1.92. The van der Waals surface area contributed by atoms with Crippen LogP contribution in [0.25, 0.3) is 0 Å². The van der Waals surface area contributed by atoms with Gasteiger partial charge in [-0.25, -0.2) is 4.98 Å². The molecule has 2 rings (SSSR count). The van der Waals surface area contributed by atoms with Crippen LogP contribution >= 0.6 is 11.3 Å². The lowest BCUT2D eigenvalue weighted by molar-refractivity contribution is 0.0779. The molecule has 0 atom stereocenters. The number of nitrogens with zero attached hydrogens (tertiary/aromatic N) is 2. The number of nitrogens with two attached hydrogens (primary N) is 1. The summed E-state index contributed by atoms with van der Waals surface area (Å²) in [6.45, 7) is 3.57. The Labute approximate surface area is 134 Å². The number of rotatable bonds is 7. The fourth-order valence-corrected chi connectivity index (χ4v) is 2.89. The van der Waals surface area contributed by atoms with E-state index in [4.69, 9.17) is 10.5 Å². The number of amides is 1. The zero-order valence-electron chi connectivity index (χ0n) is 12.9. The summed E-state index contributed by atoms with van der Waals surface area (Å²) in [6, 6.07) is 7.75. The van der Waals surface area contributed by atoms with E-state index in [0.29, 0.717) is 31.8 Å². The highest BCUT2D eigenvalue weighted by molar-refractivity contribution is 7.09. The summed E-state index contributed by atoms with van der Waals surface area (Å²) in [5, 5.41) is 2.69. The first-order chi connectivity index (χ1) is 10.7. The van der Waals surface area contributed by atoms with Gasteiger partial charge in [0, 0.05) is 31.0 Å². The number of carbonyl (C=O) groups excluding carboxylic acids is 1. The van der Waals surface area contributed by atoms with E-state index in [0.717, 1.165) is 16.3 Å². The van der Waals surface area contributed by atoms with Crippen LogP contribution in [0.5, 0.6) is 5.75 Å². The first-order valence-electron chi connectivity index (χ1n) is 7.26. The first kappa shape index (κ1) is 16.5. The minimum atomic E-state index is -0.0918. The Morgan fingerprint density at radius 3 is 2.91 bits per heavy atom. The normalized spacial score (nSPS) is 10.5. The van der Waals surface area contributed by atoms with Crippen molar-refractivity contribution in [3.05, 3.63) is 45.9 Å². The van der Waals surface area contributed by atoms with Gasteiger partial charge in [-0.2, -0.15) is 0 Å². The molecule has 0 saturated heterocycles. The summed E-state index contributed by atoms with van der Waals surface area (Å²) in [7, 11) is 1.77. The number of benzene rings is 1. The highest BCUT2D eigenvalue weighted by atomic mass is 32.1. The molecule has 118 valence electrons. The Morgan fingerprint density at radius 2 is 2.18 bits per heavy atom. The van der Waals surface area contributed by atoms with Gasteiger partial charge in [-0.3, -0.25) is 4.79 Å². The molecule has 0 saturated carbocycles. The fraction of sp³-hybridized carbons (Fsp3) is 0.375. The lowest BCUT2D eigenvalue weighted by atomic mass is 10.2. The second-order valence-corrected chi connectivity index (χ2v) is 5.81. The maximum Gasteiger partial charge on any atom is 0.273 e. The number of carbonyl (C=O) groups is 1. The lowest BCUT2D eigenvalue weighted by Gasteiger charge is -2.18. The second kappa shape index (κ2) is 7.91. The van der Waals surface area contributed by atoms with E-state index in [1.165, 1.54) is 11.3 Å². The number of hydrogen-bond acceptors (Lipinski definition) is 5. The quantitative estimate of drug-likeness (QED) is 0.850. The van der Waals surface area contributed by atoms with Crippen molar-refractivity contribution in [1.82, 2.24) is 9.88 Å². The summed E-state index contributed by atoms with van der Waals surface area (Å²) >= 11 is 1.47. The maximum absolute atomic E-state index is 12.4. The lowest BCUT2D eigenvalue weighted by Crippen LogP contribution is -2.26. The Bertz CT molecular complexity index is 627. The van der Waals surface area contributed by atoms with Gasteiger partial charge in [-0.1, -0.05) is 18.2 Å². The van der Waals surface area contributed by atoms with Crippen LogP contribution in [0, 0.1) is 0 Å². The molecule has 2 N–H and O–H groups in total. The van der Waals surface area contributed by atoms with Gasteiger partial charge in [0.15, 0.2) is 0 Å². The molecule has 1 aromatic carbocycles. The van der Waals surface area contributed by atoms with Crippen LogP contribution in [-0.4, -0.2) is 36.0 Å². The average molecular weight is 319 g/mol. The van der Waals surface area contributed by atoms with Crippen LogP contribution in [0.1, 0.15) is 28.0 Å². The predicted molar refractivity (Wildman–Crippen MR) is 88.3 cm³/mol. The minimum absolute atomic E-state index is 0.0918. The highest BCUT2D eigenvalue weighted by Gasteiger charge is 2.17. The Balaban J connectivity index is 2.07. The topological polar surface area (TPSA) is 68.5 Å².